The topological polar surface area (TPSA) is 26.3 Å². The lowest BCUT2D eigenvalue weighted by atomic mass is 9.91. The van der Waals surface area contributed by atoms with Crippen LogP contribution in [-0.2, 0) is 4.79 Å². The van der Waals surface area contributed by atoms with E-state index >= 15 is 0 Å². The minimum Gasteiger partial charge on any atom is -0.471 e. The second-order valence-corrected chi connectivity index (χ2v) is 5.81. The Hall–Kier alpha value is -0.250. The number of Topliss-reactive ketones (excluding diaryl/α,β-unsaturated/α-hetero) is 1. The Morgan fingerprint density at radius 3 is 2.71 bits per heavy atom. The molecule has 1 unspecified atom stereocenters. The summed E-state index contributed by atoms with van der Waals surface area (Å²) in [6.45, 7) is 3.55. The van der Waals surface area contributed by atoms with E-state index in [4.69, 9.17) is 27.9 Å². The van der Waals surface area contributed by atoms with Crippen LogP contribution in [0.4, 0.5) is 0 Å². The number of carbonyl (C=O) groups is 1. The minimum absolute atomic E-state index is 0.104. The molecule has 0 saturated heterocycles. The zero-order chi connectivity index (χ0) is 13.1. The summed E-state index contributed by atoms with van der Waals surface area (Å²) in [5, 5.41) is -0.166. The molecule has 0 aromatic heterocycles. The van der Waals surface area contributed by atoms with Gasteiger partial charge in [-0.2, -0.15) is 0 Å². The third-order valence-electron chi connectivity index (χ3n) is 2.24. The average Bonchev–Trinajstić information content (AvgIpc) is 2.28. The second-order valence-electron chi connectivity index (χ2n) is 4.27. The molecule has 0 radical (unpaired) electrons. The van der Waals surface area contributed by atoms with Gasteiger partial charge >= 0.3 is 0 Å². The van der Waals surface area contributed by atoms with Crippen LogP contribution >= 0.6 is 39.1 Å². The second kappa shape index (κ2) is 6.07. The van der Waals surface area contributed by atoms with Gasteiger partial charge in [-0.3, -0.25) is 4.79 Å². The fourth-order valence-corrected chi connectivity index (χ4v) is 2.23. The van der Waals surface area contributed by atoms with Crippen LogP contribution in [0.5, 0.6) is 5.75 Å². The van der Waals surface area contributed by atoms with Gasteiger partial charge in [0.25, 0.3) is 0 Å². The number of halogens is 3. The predicted molar refractivity (Wildman–Crippen MR) is 74.3 cm³/mol. The molecule has 1 rings (SSSR count). The minimum atomic E-state index is -0.727. The van der Waals surface area contributed by atoms with Crippen LogP contribution < -0.4 is 4.74 Å². The van der Waals surface area contributed by atoms with Crippen LogP contribution in [0.25, 0.3) is 0 Å². The highest BCUT2D eigenvalue weighted by molar-refractivity contribution is 9.09. The Balaban J connectivity index is 2.73. The number of ether oxygens (including phenoxy) is 1. The van der Waals surface area contributed by atoms with Gasteiger partial charge in [0, 0.05) is 16.3 Å². The predicted octanol–water partition coefficient (Wildman–Crippen LogP) is 4.27. The van der Waals surface area contributed by atoms with Crippen molar-refractivity contribution in [3.63, 3.8) is 0 Å². The van der Waals surface area contributed by atoms with Crippen molar-refractivity contribution in [1.82, 2.24) is 0 Å². The van der Waals surface area contributed by atoms with Gasteiger partial charge < -0.3 is 4.74 Å². The van der Waals surface area contributed by atoms with Crippen molar-refractivity contribution >= 4 is 44.9 Å². The number of hydrogen-bond donors (Lipinski definition) is 0. The van der Waals surface area contributed by atoms with E-state index in [9.17, 15) is 4.79 Å². The van der Waals surface area contributed by atoms with Gasteiger partial charge in [0.05, 0.1) is 0 Å². The summed E-state index contributed by atoms with van der Waals surface area (Å²) in [6, 6.07) is 6.88. The lowest BCUT2D eigenvalue weighted by Crippen LogP contribution is -2.35. The third-order valence-corrected chi connectivity index (χ3v) is 3.75. The van der Waals surface area contributed by atoms with E-state index in [0.717, 1.165) is 0 Å². The molecule has 0 spiro atoms. The van der Waals surface area contributed by atoms with E-state index in [2.05, 4.69) is 15.9 Å². The maximum atomic E-state index is 12.0. The van der Waals surface area contributed by atoms with E-state index in [1.54, 1.807) is 38.1 Å². The van der Waals surface area contributed by atoms with Crippen LogP contribution in [0.15, 0.2) is 24.3 Å². The van der Waals surface area contributed by atoms with Gasteiger partial charge in [0.15, 0.2) is 5.78 Å². The van der Waals surface area contributed by atoms with Gasteiger partial charge in [0.2, 0.25) is 5.01 Å². The Morgan fingerprint density at radius 1 is 1.53 bits per heavy atom. The van der Waals surface area contributed by atoms with Gasteiger partial charge in [-0.15, -0.1) is 11.6 Å². The molecule has 0 aliphatic carbocycles. The molecule has 1 atom stereocenters. The first-order chi connectivity index (χ1) is 7.86. The van der Waals surface area contributed by atoms with Gasteiger partial charge in [-0.25, -0.2) is 0 Å². The Kier molecular flexibility index (Phi) is 5.29. The summed E-state index contributed by atoms with van der Waals surface area (Å²) in [5.74, 6) is 0.679. The molecule has 17 heavy (non-hydrogen) atoms. The Labute approximate surface area is 119 Å². The van der Waals surface area contributed by atoms with E-state index in [-0.39, 0.29) is 11.7 Å². The van der Waals surface area contributed by atoms with Crippen molar-refractivity contribution in [2.24, 2.45) is 5.41 Å². The van der Waals surface area contributed by atoms with Crippen molar-refractivity contribution in [3.8, 4) is 5.75 Å². The first kappa shape index (κ1) is 14.8. The van der Waals surface area contributed by atoms with E-state index in [0.29, 0.717) is 10.8 Å². The van der Waals surface area contributed by atoms with Crippen LogP contribution in [-0.4, -0.2) is 16.7 Å². The smallest absolute Gasteiger partial charge is 0.211 e. The van der Waals surface area contributed by atoms with Crippen LogP contribution in [0.3, 0.4) is 0 Å². The lowest BCUT2D eigenvalue weighted by molar-refractivity contribution is -0.129. The van der Waals surface area contributed by atoms with Crippen molar-refractivity contribution in [2.45, 2.75) is 18.9 Å². The van der Waals surface area contributed by atoms with E-state index in [1.165, 1.54) is 0 Å². The summed E-state index contributed by atoms with van der Waals surface area (Å²) >= 11 is 14.8. The van der Waals surface area contributed by atoms with Gasteiger partial charge in [-0.1, -0.05) is 31.5 Å². The van der Waals surface area contributed by atoms with Crippen molar-refractivity contribution in [1.29, 1.82) is 0 Å². The molecule has 1 aromatic carbocycles. The van der Waals surface area contributed by atoms with Gasteiger partial charge in [0.1, 0.15) is 5.75 Å². The summed E-state index contributed by atoms with van der Waals surface area (Å²) in [4.78, 5) is 12.0. The largest absolute Gasteiger partial charge is 0.471 e. The van der Waals surface area contributed by atoms with Crippen molar-refractivity contribution in [2.75, 3.05) is 5.88 Å². The molecule has 0 aliphatic heterocycles. The summed E-state index contributed by atoms with van der Waals surface area (Å²) in [6.07, 6.45) is 0. The maximum Gasteiger partial charge on any atom is 0.211 e. The number of benzene rings is 1. The quantitative estimate of drug-likeness (QED) is 0.748. The molecule has 0 amide bonds. The number of carbonyl (C=O) groups excluding carboxylic acids is 1. The molecular formula is C12H13BrCl2O2. The molecule has 2 nitrogen and oxygen atoms in total. The highest BCUT2D eigenvalue weighted by Gasteiger charge is 2.33. The molecular weight excluding hydrogens is 327 g/mol. The zero-order valence-corrected chi connectivity index (χ0v) is 12.6. The lowest BCUT2D eigenvalue weighted by Gasteiger charge is -2.23. The molecule has 94 valence electrons. The van der Waals surface area contributed by atoms with E-state index in [1.807, 2.05) is 0 Å². The highest BCUT2D eigenvalue weighted by atomic mass is 79.9. The zero-order valence-electron chi connectivity index (χ0n) is 9.54. The monoisotopic (exact) mass is 338 g/mol. The number of ketones is 1. The first-order valence-electron chi connectivity index (χ1n) is 5.03. The molecule has 0 saturated carbocycles. The fraction of sp³-hybridized carbons (Fsp3) is 0.417. The van der Waals surface area contributed by atoms with Crippen molar-refractivity contribution < 1.29 is 9.53 Å². The number of alkyl halides is 2. The molecule has 0 bridgehead atoms. The molecule has 5 heteroatoms. The Morgan fingerprint density at radius 2 is 2.18 bits per heavy atom. The molecule has 1 aromatic rings. The SMILES string of the molecule is CC(C)(CCl)C(=O)C(Br)Oc1cccc(Cl)c1. The molecule has 0 fully saturated rings. The van der Waals surface area contributed by atoms with Crippen molar-refractivity contribution in [3.05, 3.63) is 29.3 Å². The van der Waals surface area contributed by atoms with Crippen LogP contribution in [0.2, 0.25) is 5.02 Å². The van der Waals surface area contributed by atoms with E-state index < -0.39 is 10.4 Å². The van der Waals surface area contributed by atoms with Gasteiger partial charge in [-0.05, 0) is 34.1 Å². The standard InChI is InChI=1S/C12H13BrCl2O2/c1-12(2,7-14)10(16)11(13)17-9-5-3-4-8(15)6-9/h3-6,11H,7H2,1-2H3. The fourth-order valence-electron chi connectivity index (χ4n) is 1.09. The third kappa shape index (κ3) is 4.16. The maximum absolute atomic E-state index is 12.0. The summed E-state index contributed by atoms with van der Waals surface area (Å²) in [7, 11) is 0. The first-order valence-corrected chi connectivity index (χ1v) is 6.86. The molecule has 0 N–H and O–H groups in total. The highest BCUT2D eigenvalue weighted by Crippen LogP contribution is 2.26. The average molecular weight is 340 g/mol. The summed E-state index contributed by atoms with van der Waals surface area (Å²) < 4.78 is 5.47. The van der Waals surface area contributed by atoms with Crippen LogP contribution in [0, 0.1) is 5.41 Å². The normalized spacial score (nSPS) is 13.2. The molecule has 0 aliphatic rings. The van der Waals surface area contributed by atoms with Crippen LogP contribution in [0.1, 0.15) is 13.8 Å². The number of rotatable bonds is 5. The number of hydrogen-bond acceptors (Lipinski definition) is 2. The molecule has 0 heterocycles. The summed E-state index contributed by atoms with van der Waals surface area (Å²) in [5.41, 5.74) is -0.631. The Bertz CT molecular complexity index is 407.